The van der Waals surface area contributed by atoms with Crippen LogP contribution in [0.2, 0.25) is 0 Å². The highest BCUT2D eigenvalue weighted by Crippen LogP contribution is 2.20. The van der Waals surface area contributed by atoms with Gasteiger partial charge in [-0.2, -0.15) is 5.10 Å². The van der Waals surface area contributed by atoms with Crippen molar-refractivity contribution in [2.45, 2.75) is 51.9 Å². The number of nitrogens with zero attached hydrogens (tertiary/aromatic N) is 4. The average Bonchev–Trinajstić information content (AvgIpc) is 3.36. The molecule has 2 atom stereocenters. The van der Waals surface area contributed by atoms with Gasteiger partial charge in [-0.25, -0.2) is 9.67 Å². The highest BCUT2D eigenvalue weighted by molar-refractivity contribution is 5.80. The summed E-state index contributed by atoms with van der Waals surface area (Å²) in [5.41, 5.74) is 3.61. The number of hydrogen-bond donors (Lipinski definition) is 2. The van der Waals surface area contributed by atoms with E-state index < -0.39 is 0 Å². The van der Waals surface area contributed by atoms with E-state index in [-0.39, 0.29) is 0 Å². The second-order valence-electron chi connectivity index (χ2n) is 8.49. The van der Waals surface area contributed by atoms with Crippen molar-refractivity contribution in [3.8, 4) is 5.69 Å². The highest BCUT2D eigenvalue weighted by Gasteiger charge is 2.25. The smallest absolute Gasteiger partial charge is 0.191 e. The van der Waals surface area contributed by atoms with E-state index in [2.05, 4.69) is 89.1 Å². The van der Waals surface area contributed by atoms with E-state index in [1.807, 2.05) is 16.9 Å². The minimum atomic E-state index is 0.435. The van der Waals surface area contributed by atoms with Gasteiger partial charge in [0, 0.05) is 44.1 Å². The fraction of sp³-hybridized carbons (Fsp3) is 0.385. The van der Waals surface area contributed by atoms with Crippen LogP contribution in [0.3, 0.4) is 0 Å². The molecule has 0 radical (unpaired) electrons. The number of likely N-dealkylation sites (tertiary alicyclic amines) is 1. The van der Waals surface area contributed by atoms with Crippen LogP contribution in [0.4, 0.5) is 0 Å². The van der Waals surface area contributed by atoms with Crippen molar-refractivity contribution in [3.63, 3.8) is 0 Å². The van der Waals surface area contributed by atoms with Crippen molar-refractivity contribution in [2.24, 2.45) is 4.99 Å². The molecule has 1 saturated heterocycles. The molecular formula is C26H34N6. The van der Waals surface area contributed by atoms with Gasteiger partial charge < -0.3 is 10.6 Å². The van der Waals surface area contributed by atoms with Gasteiger partial charge in [0.15, 0.2) is 5.96 Å². The standard InChI is InChI=1S/C26H34N6/c1-3-27-26(28-19-23-11-7-12-25(18-23)32-15-8-14-29-32)30-24-13-16-31(21(2)17-24)20-22-9-5-4-6-10-22/h4-12,14-15,18,21,24H,3,13,16-17,19-20H2,1-2H3,(H2,27,28,30). The minimum absolute atomic E-state index is 0.435. The molecule has 32 heavy (non-hydrogen) atoms. The number of benzene rings is 2. The van der Waals surface area contributed by atoms with E-state index in [1.54, 1.807) is 6.20 Å². The summed E-state index contributed by atoms with van der Waals surface area (Å²) in [6, 6.07) is 22.1. The molecule has 6 heteroatoms. The highest BCUT2D eigenvalue weighted by atomic mass is 15.3. The topological polar surface area (TPSA) is 57.5 Å². The van der Waals surface area contributed by atoms with Crippen LogP contribution >= 0.6 is 0 Å². The van der Waals surface area contributed by atoms with Gasteiger partial charge in [0.2, 0.25) is 0 Å². The van der Waals surface area contributed by atoms with Gasteiger partial charge in [-0.05, 0) is 56.0 Å². The molecular weight excluding hydrogens is 396 g/mol. The van der Waals surface area contributed by atoms with E-state index in [0.29, 0.717) is 18.6 Å². The Morgan fingerprint density at radius 1 is 1.09 bits per heavy atom. The minimum Gasteiger partial charge on any atom is -0.357 e. The number of piperidine rings is 1. The Hall–Kier alpha value is -3.12. The zero-order valence-electron chi connectivity index (χ0n) is 19.1. The number of rotatable bonds is 7. The molecule has 6 nitrogen and oxygen atoms in total. The van der Waals surface area contributed by atoms with Crippen LogP contribution in [0, 0.1) is 0 Å². The van der Waals surface area contributed by atoms with Crippen molar-refractivity contribution in [1.82, 2.24) is 25.3 Å². The fourth-order valence-corrected chi connectivity index (χ4v) is 4.31. The van der Waals surface area contributed by atoms with Crippen molar-refractivity contribution in [3.05, 3.63) is 84.2 Å². The fourth-order valence-electron chi connectivity index (χ4n) is 4.31. The SMILES string of the molecule is CCNC(=NCc1cccc(-n2cccn2)c1)NC1CCN(Cc2ccccc2)C(C)C1. The van der Waals surface area contributed by atoms with Crippen LogP contribution in [0.15, 0.2) is 78.0 Å². The normalized spacial score (nSPS) is 19.6. The third-order valence-corrected chi connectivity index (χ3v) is 6.03. The maximum atomic E-state index is 4.86. The average molecular weight is 431 g/mol. The molecule has 2 aromatic carbocycles. The van der Waals surface area contributed by atoms with Gasteiger partial charge in [-0.1, -0.05) is 42.5 Å². The number of guanidine groups is 1. The summed E-state index contributed by atoms with van der Waals surface area (Å²) in [6.07, 6.45) is 5.99. The lowest BCUT2D eigenvalue weighted by Gasteiger charge is -2.38. The molecule has 2 heterocycles. The van der Waals surface area contributed by atoms with Gasteiger partial charge >= 0.3 is 0 Å². The molecule has 1 aliphatic heterocycles. The molecule has 4 rings (SSSR count). The summed E-state index contributed by atoms with van der Waals surface area (Å²) >= 11 is 0. The largest absolute Gasteiger partial charge is 0.357 e. The van der Waals surface area contributed by atoms with Gasteiger partial charge in [0.25, 0.3) is 0 Å². The molecule has 0 saturated carbocycles. The molecule has 2 N–H and O–H groups in total. The molecule has 2 unspecified atom stereocenters. The van der Waals surface area contributed by atoms with Crippen molar-refractivity contribution < 1.29 is 0 Å². The quantitative estimate of drug-likeness (QED) is 0.440. The molecule has 1 aliphatic rings. The maximum absolute atomic E-state index is 4.86. The lowest BCUT2D eigenvalue weighted by atomic mass is 9.97. The first kappa shape index (κ1) is 22.1. The first-order valence-corrected chi connectivity index (χ1v) is 11.6. The van der Waals surface area contributed by atoms with Crippen LogP contribution in [-0.4, -0.2) is 45.8 Å². The molecule has 0 spiro atoms. The first-order valence-electron chi connectivity index (χ1n) is 11.6. The third-order valence-electron chi connectivity index (χ3n) is 6.03. The Labute approximate surface area is 191 Å². The van der Waals surface area contributed by atoms with E-state index in [0.717, 1.165) is 44.1 Å². The van der Waals surface area contributed by atoms with E-state index in [9.17, 15) is 0 Å². The van der Waals surface area contributed by atoms with E-state index >= 15 is 0 Å². The summed E-state index contributed by atoms with van der Waals surface area (Å²) in [5.74, 6) is 0.894. The zero-order chi connectivity index (χ0) is 22.2. The molecule has 0 aliphatic carbocycles. The van der Waals surface area contributed by atoms with Gasteiger partial charge in [0.05, 0.1) is 12.2 Å². The van der Waals surface area contributed by atoms with E-state index in [4.69, 9.17) is 4.99 Å². The Morgan fingerprint density at radius 3 is 2.69 bits per heavy atom. The Bertz CT molecular complexity index is 983. The number of nitrogens with one attached hydrogen (secondary N) is 2. The van der Waals surface area contributed by atoms with Crippen LogP contribution in [-0.2, 0) is 13.1 Å². The van der Waals surface area contributed by atoms with Crippen molar-refractivity contribution in [1.29, 1.82) is 0 Å². The predicted octanol–water partition coefficient (Wildman–Crippen LogP) is 3.98. The third kappa shape index (κ3) is 5.98. The Kier molecular flexibility index (Phi) is 7.56. The molecule has 0 amide bonds. The van der Waals surface area contributed by atoms with Crippen LogP contribution in [0.1, 0.15) is 37.8 Å². The second-order valence-corrected chi connectivity index (χ2v) is 8.49. The van der Waals surface area contributed by atoms with Gasteiger partial charge in [-0.3, -0.25) is 4.90 Å². The Morgan fingerprint density at radius 2 is 1.94 bits per heavy atom. The molecule has 1 fully saturated rings. The summed E-state index contributed by atoms with van der Waals surface area (Å²) in [5, 5.41) is 11.4. The number of aliphatic imine (C=N–C) groups is 1. The van der Waals surface area contributed by atoms with Crippen molar-refractivity contribution >= 4 is 5.96 Å². The van der Waals surface area contributed by atoms with Crippen LogP contribution in [0.25, 0.3) is 5.69 Å². The first-order chi connectivity index (χ1) is 15.7. The molecule has 168 valence electrons. The van der Waals surface area contributed by atoms with E-state index in [1.165, 1.54) is 11.1 Å². The second kappa shape index (κ2) is 11.0. The summed E-state index contributed by atoms with van der Waals surface area (Å²) < 4.78 is 1.88. The Balaban J connectivity index is 1.34. The molecule has 1 aromatic heterocycles. The molecule has 0 bridgehead atoms. The number of hydrogen-bond acceptors (Lipinski definition) is 3. The number of aromatic nitrogens is 2. The predicted molar refractivity (Wildman–Crippen MR) is 131 cm³/mol. The monoisotopic (exact) mass is 430 g/mol. The molecule has 3 aromatic rings. The van der Waals surface area contributed by atoms with Gasteiger partial charge in [-0.15, -0.1) is 0 Å². The lowest BCUT2D eigenvalue weighted by molar-refractivity contribution is 0.134. The lowest BCUT2D eigenvalue weighted by Crippen LogP contribution is -2.51. The van der Waals surface area contributed by atoms with Crippen LogP contribution in [0.5, 0.6) is 0 Å². The summed E-state index contributed by atoms with van der Waals surface area (Å²) in [7, 11) is 0. The summed E-state index contributed by atoms with van der Waals surface area (Å²) in [4.78, 5) is 7.44. The van der Waals surface area contributed by atoms with Crippen molar-refractivity contribution in [2.75, 3.05) is 13.1 Å². The zero-order valence-corrected chi connectivity index (χ0v) is 19.1. The van der Waals surface area contributed by atoms with Gasteiger partial charge in [0.1, 0.15) is 0 Å². The summed E-state index contributed by atoms with van der Waals surface area (Å²) in [6.45, 7) is 8.05. The van der Waals surface area contributed by atoms with Crippen LogP contribution < -0.4 is 10.6 Å². The maximum Gasteiger partial charge on any atom is 0.191 e.